The molecule has 0 bridgehead atoms. The number of morpholine rings is 1. The fourth-order valence-corrected chi connectivity index (χ4v) is 3.66. The number of aryl methyl sites for hydroxylation is 2. The Balaban J connectivity index is 1.73. The molecule has 1 saturated heterocycles. The zero-order valence-electron chi connectivity index (χ0n) is 14.9. The SMILES string of the molecule is Cc1cc(OS(=O)(=O)Oc2ccccc2)c(C)cc1CC1CNCCO1. The first kappa shape index (κ1) is 18.7. The lowest BCUT2D eigenvalue weighted by atomic mass is 9.99. The van der Waals surface area contributed by atoms with E-state index in [-0.39, 0.29) is 17.6 Å². The second kappa shape index (κ2) is 8.07. The van der Waals surface area contributed by atoms with Crippen molar-refractivity contribution in [1.29, 1.82) is 0 Å². The minimum Gasteiger partial charge on any atom is -0.375 e. The highest BCUT2D eigenvalue weighted by molar-refractivity contribution is 7.82. The molecule has 1 aliphatic heterocycles. The molecule has 26 heavy (non-hydrogen) atoms. The van der Waals surface area contributed by atoms with Gasteiger partial charge in [-0.05, 0) is 48.7 Å². The molecule has 140 valence electrons. The second-order valence-electron chi connectivity index (χ2n) is 6.33. The fourth-order valence-electron chi connectivity index (χ4n) is 2.88. The van der Waals surface area contributed by atoms with Crippen molar-refractivity contribution in [3.05, 3.63) is 59.2 Å². The standard InChI is InChI=1S/C19H23NO5S/c1-14-11-19(25-26(21,22)24-17-6-4-3-5-7-17)15(2)10-16(14)12-18-13-20-8-9-23-18/h3-7,10-11,18,20H,8-9,12-13H2,1-2H3. The number of hydrogen-bond acceptors (Lipinski definition) is 6. The van der Waals surface area contributed by atoms with Gasteiger partial charge in [-0.15, -0.1) is 8.42 Å². The van der Waals surface area contributed by atoms with Crippen molar-refractivity contribution in [1.82, 2.24) is 5.32 Å². The molecule has 0 aromatic heterocycles. The number of benzene rings is 2. The predicted molar refractivity (Wildman–Crippen MR) is 98.8 cm³/mol. The molecule has 2 aromatic rings. The molecule has 0 saturated carbocycles. The van der Waals surface area contributed by atoms with Gasteiger partial charge in [0, 0.05) is 19.5 Å². The third-order valence-electron chi connectivity index (χ3n) is 4.22. The lowest BCUT2D eigenvalue weighted by Gasteiger charge is -2.24. The Hall–Kier alpha value is -2.09. The van der Waals surface area contributed by atoms with Crippen LogP contribution < -0.4 is 13.7 Å². The minimum absolute atomic E-state index is 0.124. The third kappa shape index (κ3) is 4.97. The minimum atomic E-state index is -4.20. The first-order chi connectivity index (χ1) is 12.4. The van der Waals surface area contributed by atoms with Gasteiger partial charge in [0.05, 0.1) is 12.7 Å². The van der Waals surface area contributed by atoms with E-state index in [1.54, 1.807) is 36.4 Å². The largest absolute Gasteiger partial charge is 0.500 e. The summed E-state index contributed by atoms with van der Waals surface area (Å²) >= 11 is 0. The van der Waals surface area contributed by atoms with E-state index in [1.807, 2.05) is 19.9 Å². The van der Waals surface area contributed by atoms with Gasteiger partial charge in [0.25, 0.3) is 0 Å². The number of hydrogen-bond donors (Lipinski definition) is 1. The van der Waals surface area contributed by atoms with Crippen LogP contribution in [0.3, 0.4) is 0 Å². The molecule has 1 N–H and O–H groups in total. The van der Waals surface area contributed by atoms with Crippen LogP contribution in [0.5, 0.6) is 11.5 Å². The molecular weight excluding hydrogens is 354 g/mol. The van der Waals surface area contributed by atoms with E-state index >= 15 is 0 Å². The Labute approximate surface area is 154 Å². The van der Waals surface area contributed by atoms with Crippen molar-refractivity contribution >= 4 is 10.4 Å². The van der Waals surface area contributed by atoms with E-state index in [0.29, 0.717) is 6.61 Å². The van der Waals surface area contributed by atoms with Crippen LogP contribution in [-0.2, 0) is 21.6 Å². The highest BCUT2D eigenvalue weighted by atomic mass is 32.3. The smallest absolute Gasteiger partial charge is 0.375 e. The van der Waals surface area contributed by atoms with Crippen LogP contribution in [0.1, 0.15) is 16.7 Å². The summed E-state index contributed by atoms with van der Waals surface area (Å²) in [6, 6.07) is 11.9. The Morgan fingerprint density at radius 1 is 1.12 bits per heavy atom. The van der Waals surface area contributed by atoms with Crippen LogP contribution in [0.25, 0.3) is 0 Å². The fraction of sp³-hybridized carbons (Fsp3) is 0.368. The second-order valence-corrected chi connectivity index (χ2v) is 7.48. The summed E-state index contributed by atoms with van der Waals surface area (Å²) in [5.41, 5.74) is 2.80. The number of ether oxygens (including phenoxy) is 1. The van der Waals surface area contributed by atoms with Gasteiger partial charge < -0.3 is 18.4 Å². The molecule has 0 spiro atoms. The molecule has 7 heteroatoms. The maximum absolute atomic E-state index is 12.2. The van der Waals surface area contributed by atoms with E-state index < -0.39 is 10.4 Å². The van der Waals surface area contributed by atoms with Crippen molar-refractivity contribution in [3.63, 3.8) is 0 Å². The van der Waals surface area contributed by atoms with Crippen molar-refractivity contribution in [2.45, 2.75) is 26.4 Å². The van der Waals surface area contributed by atoms with Gasteiger partial charge in [-0.1, -0.05) is 24.3 Å². The number of para-hydroxylation sites is 1. The highest BCUT2D eigenvalue weighted by Crippen LogP contribution is 2.26. The zero-order valence-corrected chi connectivity index (χ0v) is 15.7. The number of rotatable bonds is 6. The molecule has 1 heterocycles. The summed E-state index contributed by atoms with van der Waals surface area (Å²) in [4.78, 5) is 0. The first-order valence-electron chi connectivity index (χ1n) is 8.54. The zero-order chi connectivity index (χ0) is 18.6. The van der Waals surface area contributed by atoms with Crippen molar-refractivity contribution in [2.24, 2.45) is 0 Å². The van der Waals surface area contributed by atoms with Crippen molar-refractivity contribution in [2.75, 3.05) is 19.7 Å². The summed E-state index contributed by atoms with van der Waals surface area (Å²) in [6.07, 6.45) is 0.895. The third-order valence-corrected chi connectivity index (χ3v) is 5.00. The summed E-state index contributed by atoms with van der Waals surface area (Å²) < 4.78 is 40.2. The average molecular weight is 377 g/mol. The maximum atomic E-state index is 12.2. The van der Waals surface area contributed by atoms with E-state index in [0.717, 1.165) is 36.2 Å². The van der Waals surface area contributed by atoms with Crippen LogP contribution in [0.15, 0.2) is 42.5 Å². The summed E-state index contributed by atoms with van der Waals surface area (Å²) in [5, 5.41) is 3.31. The van der Waals surface area contributed by atoms with Crippen molar-refractivity contribution < 1.29 is 21.5 Å². The molecular formula is C19H23NO5S. The van der Waals surface area contributed by atoms with Gasteiger partial charge in [0.1, 0.15) is 11.5 Å². The van der Waals surface area contributed by atoms with Crippen LogP contribution >= 0.6 is 0 Å². The normalized spacial score (nSPS) is 17.7. The number of nitrogens with one attached hydrogen (secondary N) is 1. The van der Waals surface area contributed by atoms with Crippen LogP contribution in [0, 0.1) is 13.8 Å². The van der Waals surface area contributed by atoms with Gasteiger partial charge >= 0.3 is 10.4 Å². The molecule has 1 unspecified atom stereocenters. The van der Waals surface area contributed by atoms with Crippen LogP contribution in [0.4, 0.5) is 0 Å². The summed E-state index contributed by atoms with van der Waals surface area (Å²) in [7, 11) is -4.20. The van der Waals surface area contributed by atoms with E-state index in [4.69, 9.17) is 13.1 Å². The molecule has 1 atom stereocenters. The van der Waals surface area contributed by atoms with Gasteiger partial charge in [-0.25, -0.2) is 0 Å². The topological polar surface area (TPSA) is 73.9 Å². The van der Waals surface area contributed by atoms with Crippen molar-refractivity contribution in [3.8, 4) is 11.5 Å². The first-order valence-corrected chi connectivity index (χ1v) is 9.88. The summed E-state index contributed by atoms with van der Waals surface area (Å²) in [6.45, 7) is 6.15. The lowest BCUT2D eigenvalue weighted by Crippen LogP contribution is -2.39. The molecule has 0 radical (unpaired) electrons. The molecule has 1 fully saturated rings. The molecule has 3 rings (SSSR count). The lowest BCUT2D eigenvalue weighted by molar-refractivity contribution is 0.0291. The quantitative estimate of drug-likeness (QED) is 0.834. The van der Waals surface area contributed by atoms with E-state index in [1.165, 1.54) is 0 Å². The Morgan fingerprint density at radius 2 is 1.88 bits per heavy atom. The monoisotopic (exact) mass is 377 g/mol. The average Bonchev–Trinajstić information content (AvgIpc) is 2.60. The molecule has 1 aliphatic rings. The Kier molecular flexibility index (Phi) is 5.80. The predicted octanol–water partition coefficient (Wildman–Crippen LogP) is 2.54. The van der Waals surface area contributed by atoms with Crippen LogP contribution in [-0.4, -0.2) is 34.2 Å². The Bertz CT molecular complexity index is 846. The molecule has 0 amide bonds. The Morgan fingerprint density at radius 3 is 2.58 bits per heavy atom. The summed E-state index contributed by atoms with van der Waals surface area (Å²) in [5.74, 6) is 0.477. The van der Waals surface area contributed by atoms with Crippen LogP contribution in [0.2, 0.25) is 0 Å². The van der Waals surface area contributed by atoms with Gasteiger partial charge in [0.2, 0.25) is 0 Å². The van der Waals surface area contributed by atoms with E-state index in [2.05, 4.69) is 5.32 Å². The van der Waals surface area contributed by atoms with Gasteiger partial charge in [-0.2, -0.15) is 0 Å². The molecule has 0 aliphatic carbocycles. The molecule has 6 nitrogen and oxygen atoms in total. The highest BCUT2D eigenvalue weighted by Gasteiger charge is 2.20. The van der Waals surface area contributed by atoms with Gasteiger partial charge in [-0.3, -0.25) is 0 Å². The molecule has 2 aromatic carbocycles. The van der Waals surface area contributed by atoms with Gasteiger partial charge in [0.15, 0.2) is 0 Å². The maximum Gasteiger partial charge on any atom is 0.500 e. The van der Waals surface area contributed by atoms with E-state index in [9.17, 15) is 8.42 Å².